The van der Waals surface area contributed by atoms with Gasteiger partial charge in [-0.3, -0.25) is 9.69 Å². The molecule has 0 saturated carbocycles. The molecule has 1 aliphatic rings. The summed E-state index contributed by atoms with van der Waals surface area (Å²) >= 11 is 0. The summed E-state index contributed by atoms with van der Waals surface area (Å²) in [6, 6.07) is 22.6. The molecule has 1 amide bonds. The summed E-state index contributed by atoms with van der Waals surface area (Å²) in [4.78, 5) is 13.8. The highest BCUT2D eigenvalue weighted by atomic mass is 19.4. The number of benzene rings is 3. The van der Waals surface area contributed by atoms with Crippen LogP contribution in [0.15, 0.2) is 78.9 Å². The Morgan fingerprint density at radius 2 is 1.49 bits per heavy atom. The van der Waals surface area contributed by atoms with Gasteiger partial charge in [0, 0.05) is 26.2 Å². The van der Waals surface area contributed by atoms with Crippen molar-refractivity contribution in [2.45, 2.75) is 50.8 Å². The zero-order valence-electron chi connectivity index (χ0n) is 24.1. The topological polar surface area (TPSA) is 67.6 Å². The number of hydrogen-bond donors (Lipinski definition) is 2. The van der Waals surface area contributed by atoms with Crippen molar-refractivity contribution in [1.29, 1.82) is 0 Å². The fourth-order valence-corrected chi connectivity index (χ4v) is 5.09. The zero-order valence-corrected chi connectivity index (χ0v) is 24.1. The summed E-state index contributed by atoms with van der Waals surface area (Å²) in [7, 11) is 1.21. The van der Waals surface area contributed by atoms with E-state index in [2.05, 4.69) is 58.7 Å². The fraction of sp³-hybridized carbons (Fsp3) is 0.406. The monoisotopic (exact) mass is 609 g/mol. The van der Waals surface area contributed by atoms with Crippen LogP contribution in [0.25, 0.3) is 0 Å². The molecule has 1 saturated heterocycles. The number of hydrogen-bond acceptors (Lipinski definition) is 4. The Hall–Kier alpha value is -3.41. The highest BCUT2D eigenvalue weighted by Crippen LogP contribution is 2.38. The third kappa shape index (κ3) is 10.7. The Morgan fingerprint density at radius 1 is 0.930 bits per heavy atom. The molecule has 1 aliphatic heterocycles. The van der Waals surface area contributed by atoms with E-state index in [1.165, 1.54) is 25.2 Å². The van der Waals surface area contributed by atoms with E-state index >= 15 is 0 Å². The predicted molar refractivity (Wildman–Crippen MR) is 153 cm³/mol. The van der Waals surface area contributed by atoms with E-state index in [1.54, 1.807) is 0 Å². The summed E-state index contributed by atoms with van der Waals surface area (Å²) < 4.78 is 79.7. The van der Waals surface area contributed by atoms with Gasteiger partial charge in [-0.25, -0.2) is 0 Å². The van der Waals surface area contributed by atoms with Crippen LogP contribution >= 0.6 is 0 Å². The average molecular weight is 610 g/mol. The molecule has 0 aliphatic carbocycles. The molecular formula is C32H37F6N3O2. The summed E-state index contributed by atoms with van der Waals surface area (Å²) in [5.41, 5.74) is 5.23. The molecule has 0 radical (unpaired) electrons. The van der Waals surface area contributed by atoms with Crippen molar-refractivity contribution in [1.82, 2.24) is 10.2 Å². The summed E-state index contributed by atoms with van der Waals surface area (Å²) in [5, 5.41) is 3.56. The molecule has 0 aromatic heterocycles. The van der Waals surface area contributed by atoms with Crippen LogP contribution in [0.1, 0.15) is 59.7 Å². The standard InChI is InChI=1S/C21H27N3O.C11H10F6O/c22-21(25)16-24-15-18(14-23-13-17-7-3-1-4-8-17)11-12-20(24)19-9-5-2-6-10-19;1-6(18-2)7-3-8(10(12,13)14)5-9(4-7)11(15,16)17/h1-10,18,20,23H,11-16H2,(H2,22,25);3-6H,1-2H3/t18-,20+;6-/m11/s1. The van der Waals surface area contributed by atoms with Crippen LogP contribution in [0.2, 0.25) is 0 Å². The van der Waals surface area contributed by atoms with E-state index in [4.69, 9.17) is 10.5 Å². The van der Waals surface area contributed by atoms with Crippen LogP contribution in [0, 0.1) is 5.92 Å². The number of nitrogens with zero attached hydrogens (tertiary/aromatic N) is 1. The smallest absolute Gasteiger partial charge is 0.377 e. The number of rotatable bonds is 9. The molecule has 4 rings (SSSR count). The van der Waals surface area contributed by atoms with Crippen molar-refractivity contribution in [2.75, 3.05) is 26.7 Å². The van der Waals surface area contributed by atoms with Gasteiger partial charge in [0.2, 0.25) is 5.91 Å². The summed E-state index contributed by atoms with van der Waals surface area (Å²) in [5.74, 6) is 0.293. The Bertz CT molecular complexity index is 1250. The minimum absolute atomic E-state index is 0.0892. The highest BCUT2D eigenvalue weighted by Gasteiger charge is 2.37. The number of nitrogens with one attached hydrogen (secondary N) is 1. The van der Waals surface area contributed by atoms with Gasteiger partial charge >= 0.3 is 12.4 Å². The Kier molecular flexibility index (Phi) is 12.2. The van der Waals surface area contributed by atoms with E-state index < -0.39 is 29.6 Å². The van der Waals surface area contributed by atoms with Crippen LogP contribution in [0.5, 0.6) is 0 Å². The third-order valence-electron chi connectivity index (χ3n) is 7.36. The molecule has 1 fully saturated rings. The molecule has 3 aromatic rings. The van der Waals surface area contributed by atoms with E-state index in [1.807, 2.05) is 12.1 Å². The maximum atomic E-state index is 12.5. The number of alkyl halides is 6. The Balaban J connectivity index is 0.000000250. The molecule has 3 N–H and O–H groups in total. The van der Waals surface area contributed by atoms with Crippen molar-refractivity contribution in [3.8, 4) is 0 Å². The van der Waals surface area contributed by atoms with Crippen molar-refractivity contribution < 1.29 is 35.9 Å². The number of methoxy groups -OCH3 is 1. The maximum absolute atomic E-state index is 12.5. The first-order valence-electron chi connectivity index (χ1n) is 13.9. The molecule has 3 atom stereocenters. The number of primary amides is 1. The molecule has 5 nitrogen and oxygen atoms in total. The van der Waals surface area contributed by atoms with Gasteiger partial charge in [0.05, 0.1) is 23.8 Å². The van der Waals surface area contributed by atoms with Crippen LogP contribution in [-0.4, -0.2) is 37.6 Å². The van der Waals surface area contributed by atoms with Crippen LogP contribution in [0.3, 0.4) is 0 Å². The first-order valence-corrected chi connectivity index (χ1v) is 13.9. The van der Waals surface area contributed by atoms with Crippen molar-refractivity contribution in [2.24, 2.45) is 11.7 Å². The third-order valence-corrected chi connectivity index (χ3v) is 7.36. The SMILES string of the molecule is CO[C@H](C)c1cc(C(F)(F)F)cc(C(F)(F)F)c1.NC(=O)CN1C[C@@H](CNCc2ccccc2)CC[C@H]1c1ccccc1. The molecule has 11 heteroatoms. The molecule has 3 aromatic carbocycles. The largest absolute Gasteiger partial charge is 0.416 e. The van der Waals surface area contributed by atoms with E-state index in [0.717, 1.165) is 32.5 Å². The molecule has 0 spiro atoms. The highest BCUT2D eigenvalue weighted by molar-refractivity contribution is 5.76. The average Bonchev–Trinajstić information content (AvgIpc) is 2.97. The van der Waals surface area contributed by atoms with Gasteiger partial charge in [-0.05, 0) is 67.1 Å². The number of ether oxygens (including phenoxy) is 1. The van der Waals surface area contributed by atoms with Crippen LogP contribution in [0.4, 0.5) is 26.3 Å². The van der Waals surface area contributed by atoms with E-state index in [9.17, 15) is 31.1 Å². The van der Waals surface area contributed by atoms with Gasteiger partial charge in [0.25, 0.3) is 0 Å². The lowest BCUT2D eigenvalue weighted by molar-refractivity contribution is -0.143. The number of carbonyl (C=O) groups excluding carboxylic acids is 1. The number of carbonyl (C=O) groups is 1. The van der Waals surface area contributed by atoms with E-state index in [-0.39, 0.29) is 17.5 Å². The second-order valence-electron chi connectivity index (χ2n) is 10.6. The minimum atomic E-state index is -4.83. The molecule has 234 valence electrons. The second kappa shape index (κ2) is 15.4. The Morgan fingerprint density at radius 3 is 2.00 bits per heavy atom. The number of halogens is 6. The van der Waals surface area contributed by atoms with Gasteiger partial charge in [-0.15, -0.1) is 0 Å². The van der Waals surface area contributed by atoms with Crippen LogP contribution in [-0.2, 0) is 28.4 Å². The maximum Gasteiger partial charge on any atom is 0.416 e. The number of amides is 1. The molecule has 43 heavy (non-hydrogen) atoms. The van der Waals surface area contributed by atoms with Crippen molar-refractivity contribution >= 4 is 5.91 Å². The zero-order chi connectivity index (χ0) is 31.6. The van der Waals surface area contributed by atoms with Gasteiger partial charge in [0.1, 0.15) is 0 Å². The molecular weight excluding hydrogens is 572 g/mol. The quantitative estimate of drug-likeness (QED) is 0.253. The molecule has 0 unspecified atom stereocenters. The second-order valence-corrected chi connectivity index (χ2v) is 10.6. The fourth-order valence-electron chi connectivity index (χ4n) is 5.09. The number of likely N-dealkylation sites (tertiary alicyclic amines) is 1. The lowest BCUT2D eigenvalue weighted by Crippen LogP contribution is -2.45. The van der Waals surface area contributed by atoms with Gasteiger partial charge in [-0.1, -0.05) is 60.7 Å². The lowest BCUT2D eigenvalue weighted by Gasteiger charge is -2.39. The van der Waals surface area contributed by atoms with Crippen molar-refractivity contribution in [3.05, 3.63) is 107 Å². The van der Waals surface area contributed by atoms with Crippen molar-refractivity contribution in [3.63, 3.8) is 0 Å². The number of piperidine rings is 1. The van der Waals surface area contributed by atoms with Gasteiger partial charge in [0.15, 0.2) is 0 Å². The lowest BCUT2D eigenvalue weighted by atomic mass is 9.88. The van der Waals surface area contributed by atoms with Gasteiger partial charge in [-0.2, -0.15) is 26.3 Å². The first kappa shape index (κ1) is 34.1. The predicted octanol–water partition coefficient (Wildman–Crippen LogP) is 7.15. The van der Waals surface area contributed by atoms with Crippen LogP contribution < -0.4 is 11.1 Å². The Labute approximate surface area is 248 Å². The van der Waals surface area contributed by atoms with E-state index in [0.29, 0.717) is 30.6 Å². The minimum Gasteiger partial charge on any atom is -0.377 e. The molecule has 0 bridgehead atoms. The summed E-state index contributed by atoms with van der Waals surface area (Å²) in [6.45, 7) is 4.45. The summed E-state index contributed by atoms with van der Waals surface area (Å²) in [6.07, 6.45) is -8.29. The van der Waals surface area contributed by atoms with Gasteiger partial charge < -0.3 is 15.8 Å². The normalized spacial score (nSPS) is 18.4. The first-order chi connectivity index (χ1) is 20.3. The number of nitrogens with two attached hydrogens (primary N) is 1. The molecule has 1 heterocycles.